The molecular formula is C17H24FN. The normalized spacial score (nSPS) is 31.8. The molecule has 1 N–H and O–H groups in total. The van der Waals surface area contributed by atoms with Crippen molar-refractivity contribution >= 4 is 0 Å². The molecule has 0 spiro atoms. The van der Waals surface area contributed by atoms with Crippen molar-refractivity contribution in [2.75, 3.05) is 0 Å². The van der Waals surface area contributed by atoms with E-state index in [4.69, 9.17) is 0 Å². The first-order valence-electron chi connectivity index (χ1n) is 7.34. The smallest absolute Gasteiger partial charge is 0.126 e. The maximum Gasteiger partial charge on any atom is 0.126 e. The Bertz CT molecular complexity index is 472. The van der Waals surface area contributed by atoms with E-state index in [2.05, 4.69) is 33.0 Å². The zero-order valence-corrected chi connectivity index (χ0v) is 12.3. The molecule has 2 fully saturated rings. The van der Waals surface area contributed by atoms with Crippen molar-refractivity contribution in [2.45, 2.75) is 58.5 Å². The monoisotopic (exact) mass is 261 g/mol. The zero-order valence-electron chi connectivity index (χ0n) is 12.3. The van der Waals surface area contributed by atoms with Gasteiger partial charge in [-0.1, -0.05) is 45.9 Å². The van der Waals surface area contributed by atoms with Crippen LogP contribution in [0.25, 0.3) is 0 Å². The van der Waals surface area contributed by atoms with Crippen LogP contribution in [0.2, 0.25) is 0 Å². The SMILES string of the molecule is CC1(C)C(NC2CC(c3ccccc3F)C2)C1(C)C. The van der Waals surface area contributed by atoms with Gasteiger partial charge in [0.1, 0.15) is 5.82 Å². The minimum atomic E-state index is -0.0435. The third-order valence-electron chi connectivity index (χ3n) is 5.91. The number of rotatable bonds is 3. The minimum absolute atomic E-state index is 0.0435. The number of hydrogen-bond acceptors (Lipinski definition) is 1. The molecule has 0 radical (unpaired) electrons. The summed E-state index contributed by atoms with van der Waals surface area (Å²) in [5, 5.41) is 3.77. The summed E-state index contributed by atoms with van der Waals surface area (Å²) >= 11 is 0. The molecule has 0 bridgehead atoms. The largest absolute Gasteiger partial charge is 0.310 e. The van der Waals surface area contributed by atoms with Gasteiger partial charge >= 0.3 is 0 Å². The number of hydrogen-bond donors (Lipinski definition) is 1. The summed E-state index contributed by atoms with van der Waals surface area (Å²) in [6, 6.07) is 8.38. The molecule has 104 valence electrons. The highest BCUT2D eigenvalue weighted by Crippen LogP contribution is 2.63. The molecule has 0 aromatic heterocycles. The van der Waals surface area contributed by atoms with E-state index < -0.39 is 0 Å². The average Bonchev–Trinajstić information content (AvgIpc) is 2.66. The molecule has 0 aliphatic heterocycles. The van der Waals surface area contributed by atoms with Gasteiger partial charge in [0.25, 0.3) is 0 Å². The fourth-order valence-electron chi connectivity index (χ4n) is 3.66. The summed E-state index contributed by atoms with van der Waals surface area (Å²) in [6.45, 7) is 9.32. The Kier molecular flexibility index (Phi) is 2.79. The van der Waals surface area contributed by atoms with E-state index in [1.54, 1.807) is 12.1 Å². The van der Waals surface area contributed by atoms with Crippen molar-refractivity contribution in [3.05, 3.63) is 35.6 Å². The number of nitrogens with one attached hydrogen (secondary N) is 1. The molecule has 1 aromatic rings. The molecule has 2 aliphatic carbocycles. The van der Waals surface area contributed by atoms with Gasteiger partial charge in [-0.2, -0.15) is 0 Å². The molecule has 1 nitrogen and oxygen atoms in total. The van der Waals surface area contributed by atoms with Crippen molar-refractivity contribution in [3.63, 3.8) is 0 Å². The van der Waals surface area contributed by atoms with Crippen LogP contribution in [0.4, 0.5) is 4.39 Å². The molecule has 2 aliphatic rings. The predicted octanol–water partition coefficient (Wildman–Crippen LogP) is 4.10. The molecule has 0 atom stereocenters. The Balaban J connectivity index is 1.56. The maximum atomic E-state index is 13.7. The van der Waals surface area contributed by atoms with Crippen LogP contribution in [-0.2, 0) is 0 Å². The summed E-state index contributed by atoms with van der Waals surface area (Å²) in [4.78, 5) is 0. The standard InChI is InChI=1S/C17H24FN/c1-16(2)15(17(16,3)4)19-12-9-11(10-12)13-7-5-6-8-14(13)18/h5-8,11-12,15,19H,9-10H2,1-4H3. The third-order valence-corrected chi connectivity index (χ3v) is 5.91. The topological polar surface area (TPSA) is 12.0 Å². The van der Waals surface area contributed by atoms with Crippen LogP contribution >= 0.6 is 0 Å². The van der Waals surface area contributed by atoms with Crippen LogP contribution in [0.15, 0.2) is 24.3 Å². The first-order chi connectivity index (χ1) is 8.84. The second-order valence-corrected chi connectivity index (χ2v) is 7.43. The van der Waals surface area contributed by atoms with Gasteiger partial charge in [0.2, 0.25) is 0 Å². The van der Waals surface area contributed by atoms with Crippen LogP contribution in [0.1, 0.15) is 52.0 Å². The van der Waals surface area contributed by atoms with Crippen LogP contribution in [0, 0.1) is 16.6 Å². The summed E-state index contributed by atoms with van der Waals surface area (Å²) < 4.78 is 13.7. The molecule has 0 saturated heterocycles. The van der Waals surface area contributed by atoms with Gasteiger partial charge in [-0.25, -0.2) is 4.39 Å². The highest BCUT2D eigenvalue weighted by Gasteiger charge is 2.65. The maximum absolute atomic E-state index is 13.7. The molecule has 19 heavy (non-hydrogen) atoms. The van der Waals surface area contributed by atoms with Crippen LogP contribution in [-0.4, -0.2) is 12.1 Å². The van der Waals surface area contributed by atoms with Crippen molar-refractivity contribution in [3.8, 4) is 0 Å². The van der Waals surface area contributed by atoms with E-state index in [1.165, 1.54) is 0 Å². The van der Waals surface area contributed by atoms with Crippen molar-refractivity contribution in [2.24, 2.45) is 10.8 Å². The van der Waals surface area contributed by atoms with E-state index in [9.17, 15) is 4.39 Å². The lowest BCUT2D eigenvalue weighted by Gasteiger charge is -2.37. The molecule has 2 heteroatoms. The lowest BCUT2D eigenvalue weighted by Crippen LogP contribution is -2.43. The second kappa shape index (κ2) is 4.05. The second-order valence-electron chi connectivity index (χ2n) is 7.43. The molecule has 3 rings (SSSR count). The van der Waals surface area contributed by atoms with Crippen LogP contribution < -0.4 is 5.32 Å². The number of benzene rings is 1. The van der Waals surface area contributed by atoms with E-state index in [-0.39, 0.29) is 5.82 Å². The zero-order chi connectivity index (χ0) is 13.8. The first kappa shape index (κ1) is 13.1. The van der Waals surface area contributed by atoms with Gasteiger partial charge < -0.3 is 5.32 Å². The molecule has 0 heterocycles. The fraction of sp³-hybridized carbons (Fsp3) is 0.647. The van der Waals surface area contributed by atoms with Gasteiger partial charge in [0.15, 0.2) is 0 Å². The molecule has 0 unspecified atom stereocenters. The summed E-state index contributed by atoms with van der Waals surface area (Å²) in [6.07, 6.45) is 2.15. The Morgan fingerprint density at radius 1 is 1.05 bits per heavy atom. The quantitative estimate of drug-likeness (QED) is 0.864. The van der Waals surface area contributed by atoms with E-state index in [1.807, 2.05) is 12.1 Å². The van der Waals surface area contributed by atoms with Gasteiger partial charge in [-0.05, 0) is 41.2 Å². The van der Waals surface area contributed by atoms with Crippen molar-refractivity contribution in [1.29, 1.82) is 0 Å². The number of halogens is 1. The molecule has 2 saturated carbocycles. The van der Waals surface area contributed by atoms with E-state index >= 15 is 0 Å². The molecule has 0 amide bonds. The Morgan fingerprint density at radius 2 is 1.63 bits per heavy atom. The van der Waals surface area contributed by atoms with Gasteiger partial charge in [-0.15, -0.1) is 0 Å². The summed E-state index contributed by atoms with van der Waals surface area (Å²) in [5.74, 6) is 0.363. The highest BCUT2D eigenvalue weighted by atomic mass is 19.1. The third kappa shape index (κ3) is 1.92. The lowest BCUT2D eigenvalue weighted by atomic mass is 9.75. The summed E-state index contributed by atoms with van der Waals surface area (Å²) in [5.41, 5.74) is 1.67. The minimum Gasteiger partial charge on any atom is -0.310 e. The van der Waals surface area contributed by atoms with Crippen molar-refractivity contribution in [1.82, 2.24) is 5.32 Å². The van der Waals surface area contributed by atoms with E-state index in [0.717, 1.165) is 18.4 Å². The average molecular weight is 261 g/mol. The highest BCUT2D eigenvalue weighted by molar-refractivity contribution is 5.26. The van der Waals surface area contributed by atoms with Crippen LogP contribution in [0.5, 0.6) is 0 Å². The van der Waals surface area contributed by atoms with Gasteiger partial charge in [-0.3, -0.25) is 0 Å². The summed E-state index contributed by atoms with van der Waals surface area (Å²) in [7, 11) is 0. The van der Waals surface area contributed by atoms with Crippen molar-refractivity contribution < 1.29 is 4.39 Å². The fourth-order valence-corrected chi connectivity index (χ4v) is 3.66. The predicted molar refractivity (Wildman–Crippen MR) is 76.6 cm³/mol. The van der Waals surface area contributed by atoms with Gasteiger partial charge in [0, 0.05) is 12.1 Å². The first-order valence-corrected chi connectivity index (χ1v) is 7.34. The van der Waals surface area contributed by atoms with Gasteiger partial charge in [0.05, 0.1) is 0 Å². The molecule has 1 aromatic carbocycles. The van der Waals surface area contributed by atoms with Crippen LogP contribution in [0.3, 0.4) is 0 Å². The lowest BCUT2D eigenvalue weighted by molar-refractivity contribution is 0.271. The van der Waals surface area contributed by atoms with E-state index in [0.29, 0.717) is 28.8 Å². The molecular weight excluding hydrogens is 237 g/mol. The Morgan fingerprint density at radius 3 is 2.16 bits per heavy atom. The Labute approximate surface area is 115 Å². The Hall–Kier alpha value is -0.890.